The molecule has 2 saturated heterocycles. The van der Waals surface area contributed by atoms with E-state index in [9.17, 15) is 4.79 Å². The molecule has 1 amide bonds. The third-order valence-corrected chi connectivity index (χ3v) is 3.19. The van der Waals surface area contributed by atoms with Crippen LogP contribution in [0, 0.1) is 11.8 Å². The van der Waals surface area contributed by atoms with Gasteiger partial charge in [0.15, 0.2) is 0 Å². The third-order valence-electron chi connectivity index (χ3n) is 3.19. The molecule has 2 fully saturated rings. The van der Waals surface area contributed by atoms with E-state index >= 15 is 0 Å². The highest BCUT2D eigenvalue weighted by atomic mass is 16.2. The fourth-order valence-electron chi connectivity index (χ4n) is 2.43. The summed E-state index contributed by atoms with van der Waals surface area (Å²) in [6, 6.07) is 0. The minimum atomic E-state index is 0.282. The van der Waals surface area contributed by atoms with Crippen molar-refractivity contribution in [3.8, 4) is 0 Å². The van der Waals surface area contributed by atoms with Crippen LogP contribution >= 0.6 is 0 Å². The number of carbonyl (C=O) groups is 1. The largest absolute Gasteiger partial charge is 0.341 e. The van der Waals surface area contributed by atoms with Gasteiger partial charge in [-0.2, -0.15) is 0 Å². The Morgan fingerprint density at radius 1 is 1.36 bits per heavy atom. The van der Waals surface area contributed by atoms with Crippen molar-refractivity contribution in [3.63, 3.8) is 0 Å². The fraction of sp³-hybridized carbons (Fsp3) is 0.900. The first-order valence-electron chi connectivity index (χ1n) is 5.30. The van der Waals surface area contributed by atoms with Gasteiger partial charge in [0.1, 0.15) is 0 Å². The number of likely N-dealkylation sites (N-methyl/N-ethyl adjacent to an activating group) is 1. The molecule has 0 aromatic heterocycles. The molecule has 0 spiro atoms. The highest BCUT2D eigenvalue weighted by molar-refractivity contribution is 5.78. The smallest absolute Gasteiger partial charge is 0.236 e. The van der Waals surface area contributed by atoms with Crippen molar-refractivity contribution >= 4 is 5.91 Å². The SMILES string of the molecule is CN(C)CC(=O)N1C[C@H]2CNC[C@H]2C1. The zero-order chi connectivity index (χ0) is 10.1. The average Bonchev–Trinajstić information content (AvgIpc) is 2.58. The predicted molar refractivity (Wildman–Crippen MR) is 55.0 cm³/mol. The van der Waals surface area contributed by atoms with Gasteiger partial charge in [-0.05, 0) is 25.9 Å². The molecule has 2 rings (SSSR count). The molecule has 4 heteroatoms. The van der Waals surface area contributed by atoms with Crippen molar-refractivity contribution in [3.05, 3.63) is 0 Å². The molecular formula is C10H19N3O. The first kappa shape index (κ1) is 9.93. The first-order chi connectivity index (χ1) is 6.66. The maximum atomic E-state index is 11.8. The molecule has 0 aromatic carbocycles. The maximum absolute atomic E-state index is 11.8. The fourth-order valence-corrected chi connectivity index (χ4v) is 2.43. The molecule has 0 bridgehead atoms. The average molecular weight is 197 g/mol. The van der Waals surface area contributed by atoms with Crippen LogP contribution in [-0.4, -0.2) is 62.5 Å². The summed E-state index contributed by atoms with van der Waals surface area (Å²) in [4.78, 5) is 15.7. The van der Waals surface area contributed by atoms with E-state index in [4.69, 9.17) is 0 Å². The van der Waals surface area contributed by atoms with E-state index in [1.54, 1.807) is 0 Å². The molecule has 0 aliphatic carbocycles. The van der Waals surface area contributed by atoms with Gasteiger partial charge in [-0.15, -0.1) is 0 Å². The van der Waals surface area contributed by atoms with E-state index in [1.165, 1.54) is 0 Å². The Kier molecular flexibility index (Phi) is 2.74. The molecule has 2 aliphatic rings. The van der Waals surface area contributed by atoms with Gasteiger partial charge in [0.2, 0.25) is 5.91 Å². The number of rotatable bonds is 2. The summed E-state index contributed by atoms with van der Waals surface area (Å²) in [5.41, 5.74) is 0. The number of carbonyl (C=O) groups excluding carboxylic acids is 1. The van der Waals surface area contributed by atoms with Gasteiger partial charge in [0, 0.05) is 26.2 Å². The lowest BCUT2D eigenvalue weighted by Gasteiger charge is -2.19. The normalized spacial score (nSPS) is 31.2. The van der Waals surface area contributed by atoms with Crippen LogP contribution in [0.5, 0.6) is 0 Å². The van der Waals surface area contributed by atoms with Crippen molar-refractivity contribution in [2.24, 2.45) is 11.8 Å². The highest BCUT2D eigenvalue weighted by Gasteiger charge is 2.37. The molecule has 2 atom stereocenters. The Morgan fingerprint density at radius 3 is 2.43 bits per heavy atom. The molecule has 2 aliphatic heterocycles. The van der Waals surface area contributed by atoms with E-state index in [1.807, 2.05) is 23.9 Å². The van der Waals surface area contributed by atoms with E-state index in [2.05, 4.69) is 5.32 Å². The number of likely N-dealkylation sites (tertiary alicyclic amines) is 1. The Morgan fingerprint density at radius 2 is 1.93 bits per heavy atom. The van der Waals surface area contributed by atoms with Gasteiger partial charge < -0.3 is 15.1 Å². The third kappa shape index (κ3) is 1.91. The highest BCUT2D eigenvalue weighted by Crippen LogP contribution is 2.26. The van der Waals surface area contributed by atoms with E-state index in [0.29, 0.717) is 18.4 Å². The summed E-state index contributed by atoms with van der Waals surface area (Å²) in [5, 5.41) is 3.38. The number of nitrogens with zero attached hydrogens (tertiary/aromatic N) is 2. The summed E-state index contributed by atoms with van der Waals surface area (Å²) in [7, 11) is 3.88. The van der Waals surface area contributed by atoms with Gasteiger partial charge >= 0.3 is 0 Å². The molecule has 1 N–H and O–H groups in total. The van der Waals surface area contributed by atoms with Crippen LogP contribution in [0.15, 0.2) is 0 Å². The lowest BCUT2D eigenvalue weighted by Crippen LogP contribution is -2.37. The van der Waals surface area contributed by atoms with E-state index in [0.717, 1.165) is 26.2 Å². The van der Waals surface area contributed by atoms with Crippen molar-refractivity contribution in [1.82, 2.24) is 15.1 Å². The van der Waals surface area contributed by atoms with Crippen molar-refractivity contribution in [1.29, 1.82) is 0 Å². The predicted octanol–water partition coefficient (Wildman–Crippen LogP) is -0.774. The van der Waals surface area contributed by atoms with Crippen molar-refractivity contribution < 1.29 is 4.79 Å². The molecule has 2 heterocycles. The number of fused-ring (bicyclic) bond motifs is 1. The number of hydrogen-bond donors (Lipinski definition) is 1. The Balaban J connectivity index is 1.86. The second-order valence-electron chi connectivity index (χ2n) is 4.71. The van der Waals surface area contributed by atoms with Gasteiger partial charge in [0.25, 0.3) is 0 Å². The van der Waals surface area contributed by atoms with Crippen LogP contribution in [0.3, 0.4) is 0 Å². The van der Waals surface area contributed by atoms with Crippen molar-refractivity contribution in [2.45, 2.75) is 0 Å². The topological polar surface area (TPSA) is 35.6 Å². The zero-order valence-corrected chi connectivity index (χ0v) is 8.99. The van der Waals surface area contributed by atoms with Crippen molar-refractivity contribution in [2.75, 3.05) is 46.8 Å². The molecule has 80 valence electrons. The second-order valence-corrected chi connectivity index (χ2v) is 4.71. The maximum Gasteiger partial charge on any atom is 0.236 e. The van der Waals surface area contributed by atoms with E-state index < -0.39 is 0 Å². The zero-order valence-electron chi connectivity index (χ0n) is 8.99. The second kappa shape index (κ2) is 3.87. The monoisotopic (exact) mass is 197 g/mol. The quantitative estimate of drug-likeness (QED) is 0.631. The molecule has 0 aromatic rings. The Labute approximate surface area is 85.2 Å². The number of nitrogens with one attached hydrogen (secondary N) is 1. The summed E-state index contributed by atoms with van der Waals surface area (Å²) in [5.74, 6) is 1.70. The van der Waals surface area contributed by atoms with Gasteiger partial charge in [0.05, 0.1) is 6.54 Å². The van der Waals surface area contributed by atoms with Crippen LogP contribution < -0.4 is 5.32 Å². The Bertz CT molecular complexity index is 217. The minimum absolute atomic E-state index is 0.282. The molecule has 4 nitrogen and oxygen atoms in total. The lowest BCUT2D eigenvalue weighted by molar-refractivity contribution is -0.131. The van der Waals surface area contributed by atoms with Crippen LogP contribution in [0.4, 0.5) is 0 Å². The summed E-state index contributed by atoms with van der Waals surface area (Å²) in [6.07, 6.45) is 0. The summed E-state index contributed by atoms with van der Waals surface area (Å²) >= 11 is 0. The Hall–Kier alpha value is -0.610. The standard InChI is InChI=1S/C10H19N3O/c1-12(2)7-10(14)13-5-8-3-11-4-9(8)6-13/h8-9,11H,3-7H2,1-2H3/t8-,9+. The van der Waals surface area contributed by atoms with Gasteiger partial charge in [-0.3, -0.25) is 4.79 Å². The van der Waals surface area contributed by atoms with Crippen LogP contribution in [0.25, 0.3) is 0 Å². The number of amides is 1. The molecule has 0 unspecified atom stereocenters. The minimum Gasteiger partial charge on any atom is -0.341 e. The van der Waals surface area contributed by atoms with Gasteiger partial charge in [-0.25, -0.2) is 0 Å². The van der Waals surface area contributed by atoms with Gasteiger partial charge in [-0.1, -0.05) is 0 Å². The van der Waals surface area contributed by atoms with Crippen LogP contribution in [-0.2, 0) is 4.79 Å². The summed E-state index contributed by atoms with van der Waals surface area (Å²) < 4.78 is 0. The molecule has 0 saturated carbocycles. The first-order valence-corrected chi connectivity index (χ1v) is 5.30. The van der Waals surface area contributed by atoms with E-state index in [-0.39, 0.29) is 5.91 Å². The lowest BCUT2D eigenvalue weighted by atomic mass is 10.0. The van der Waals surface area contributed by atoms with Crippen LogP contribution in [0.1, 0.15) is 0 Å². The van der Waals surface area contributed by atoms with Crippen LogP contribution in [0.2, 0.25) is 0 Å². The molecular weight excluding hydrogens is 178 g/mol. The molecule has 0 radical (unpaired) electrons. The molecule has 14 heavy (non-hydrogen) atoms. The number of hydrogen-bond acceptors (Lipinski definition) is 3. The summed E-state index contributed by atoms with van der Waals surface area (Å²) in [6.45, 7) is 4.66.